The maximum absolute atomic E-state index is 5.46. The molecular weight excluding hydrogens is 360 g/mol. The average molecular weight is 391 g/mol. The Morgan fingerprint density at radius 1 is 0.966 bits per heavy atom. The number of benzene rings is 1. The summed E-state index contributed by atoms with van der Waals surface area (Å²) in [4.78, 5) is 5.01. The van der Waals surface area contributed by atoms with Crippen molar-refractivity contribution in [2.75, 3.05) is 7.11 Å². The first-order chi connectivity index (χ1) is 13.9. The predicted octanol–water partition coefficient (Wildman–Crippen LogP) is 5.95. The second kappa shape index (κ2) is 7.21. The molecule has 4 rings (SSSR count). The molecule has 0 amide bonds. The smallest absolute Gasteiger partial charge is 0.165 e. The Hall–Kier alpha value is -2.82. The van der Waals surface area contributed by atoms with Gasteiger partial charge in [0.1, 0.15) is 11.4 Å². The molecule has 0 spiro atoms. The molecule has 4 aromatic rings. The van der Waals surface area contributed by atoms with E-state index in [0.717, 1.165) is 46.8 Å². The number of nitrogens with zero attached hydrogens (tertiary/aromatic N) is 4. The van der Waals surface area contributed by atoms with Gasteiger partial charge >= 0.3 is 0 Å². The minimum atomic E-state index is 0.454. The predicted molar refractivity (Wildman–Crippen MR) is 119 cm³/mol. The Labute approximate surface area is 172 Å². The van der Waals surface area contributed by atoms with Gasteiger partial charge in [0.05, 0.1) is 24.1 Å². The van der Waals surface area contributed by atoms with E-state index in [2.05, 4.69) is 75.0 Å². The Bertz CT molecular complexity index is 1190. The second-order valence-corrected chi connectivity index (χ2v) is 7.96. The molecule has 0 atom stereocenters. The van der Waals surface area contributed by atoms with E-state index in [0.29, 0.717) is 6.04 Å². The van der Waals surface area contributed by atoms with Crippen LogP contribution < -0.4 is 4.74 Å². The summed E-state index contributed by atoms with van der Waals surface area (Å²) in [6, 6.07) is 6.80. The third-order valence-corrected chi connectivity index (χ3v) is 6.12. The number of ether oxygens (including phenoxy) is 1. The number of methoxy groups -OCH3 is 1. The maximum atomic E-state index is 5.46. The van der Waals surface area contributed by atoms with Crippen LogP contribution in [0.3, 0.4) is 0 Å². The fourth-order valence-electron chi connectivity index (χ4n) is 4.64. The quantitative estimate of drug-likeness (QED) is 0.423. The molecule has 0 saturated heterocycles. The van der Waals surface area contributed by atoms with E-state index in [-0.39, 0.29) is 0 Å². The van der Waals surface area contributed by atoms with Crippen LogP contribution in [0.25, 0.3) is 27.8 Å². The largest absolute Gasteiger partial charge is 0.497 e. The highest BCUT2D eigenvalue weighted by atomic mass is 16.5. The molecule has 0 fully saturated rings. The minimum absolute atomic E-state index is 0.454. The number of aryl methyl sites for hydroxylation is 4. The second-order valence-electron chi connectivity index (χ2n) is 7.96. The van der Waals surface area contributed by atoms with Crippen LogP contribution in [0.2, 0.25) is 0 Å². The van der Waals surface area contributed by atoms with Crippen molar-refractivity contribution >= 4 is 16.7 Å². The lowest BCUT2D eigenvalue weighted by Crippen LogP contribution is -2.09. The monoisotopic (exact) mass is 390 g/mol. The van der Waals surface area contributed by atoms with Crippen molar-refractivity contribution in [3.05, 3.63) is 46.9 Å². The summed E-state index contributed by atoms with van der Waals surface area (Å²) in [6.45, 7) is 12.9. The van der Waals surface area contributed by atoms with E-state index in [1.807, 2.05) is 0 Å². The normalized spacial score (nSPS) is 11.9. The van der Waals surface area contributed by atoms with Crippen LogP contribution in [0.5, 0.6) is 5.75 Å². The third kappa shape index (κ3) is 2.91. The number of hydrogen-bond acceptors (Lipinski definition) is 3. The average Bonchev–Trinajstić information content (AvgIpc) is 3.25. The fourth-order valence-corrected chi connectivity index (χ4v) is 4.64. The molecule has 3 heterocycles. The number of hydrogen-bond donors (Lipinski definition) is 0. The van der Waals surface area contributed by atoms with Crippen molar-refractivity contribution in [2.45, 2.75) is 60.4 Å². The zero-order valence-corrected chi connectivity index (χ0v) is 18.5. The van der Waals surface area contributed by atoms with Gasteiger partial charge in [-0.1, -0.05) is 13.8 Å². The third-order valence-electron chi connectivity index (χ3n) is 6.12. The van der Waals surface area contributed by atoms with Gasteiger partial charge in [0, 0.05) is 17.6 Å². The van der Waals surface area contributed by atoms with Crippen molar-refractivity contribution in [1.29, 1.82) is 0 Å². The first-order valence-electron chi connectivity index (χ1n) is 10.4. The highest BCUT2D eigenvalue weighted by Crippen LogP contribution is 2.37. The molecule has 0 saturated carbocycles. The van der Waals surface area contributed by atoms with Gasteiger partial charge < -0.3 is 9.30 Å². The molecule has 5 nitrogen and oxygen atoms in total. The topological polar surface area (TPSA) is 44.3 Å². The highest BCUT2D eigenvalue weighted by molar-refractivity contribution is 5.89. The van der Waals surface area contributed by atoms with Crippen LogP contribution in [-0.2, 0) is 0 Å². The summed E-state index contributed by atoms with van der Waals surface area (Å²) in [6.07, 6.45) is 4.37. The van der Waals surface area contributed by atoms with Crippen molar-refractivity contribution in [2.24, 2.45) is 0 Å². The maximum Gasteiger partial charge on any atom is 0.165 e. The molecule has 5 heteroatoms. The highest BCUT2D eigenvalue weighted by Gasteiger charge is 2.22. The van der Waals surface area contributed by atoms with E-state index >= 15 is 0 Å². The first-order valence-corrected chi connectivity index (χ1v) is 10.4. The van der Waals surface area contributed by atoms with Crippen molar-refractivity contribution in [3.63, 3.8) is 0 Å². The van der Waals surface area contributed by atoms with Gasteiger partial charge in [-0.3, -0.25) is 0 Å². The lowest BCUT2D eigenvalue weighted by molar-refractivity contribution is 0.414. The van der Waals surface area contributed by atoms with Crippen LogP contribution in [0.15, 0.2) is 24.4 Å². The van der Waals surface area contributed by atoms with Gasteiger partial charge in [-0.25, -0.2) is 4.98 Å². The Kier molecular flexibility index (Phi) is 4.85. The standard InChI is InChI=1S/C24H30N4O/c1-8-18(9-2)27-11-10-20-16(5)25-23-22(17(6)26-28(23)24(20)27)21-14(3)12-19(29-7)13-15(21)4/h10-13,18H,8-9H2,1-7H3. The Balaban J connectivity index is 2.09. The molecule has 0 bridgehead atoms. The van der Waals surface area contributed by atoms with Crippen molar-refractivity contribution in [3.8, 4) is 16.9 Å². The summed E-state index contributed by atoms with van der Waals surface area (Å²) in [5.74, 6) is 0.881. The number of rotatable bonds is 5. The van der Waals surface area contributed by atoms with Gasteiger partial charge in [-0.15, -0.1) is 0 Å². The summed E-state index contributed by atoms with van der Waals surface area (Å²) in [5, 5.41) is 6.14. The molecule has 0 unspecified atom stereocenters. The van der Waals surface area contributed by atoms with E-state index in [4.69, 9.17) is 14.8 Å². The molecule has 1 aromatic carbocycles. The minimum Gasteiger partial charge on any atom is -0.497 e. The fraction of sp³-hybridized carbons (Fsp3) is 0.417. The molecular formula is C24H30N4O. The first kappa shape index (κ1) is 19.5. The molecule has 0 aliphatic carbocycles. The molecule has 0 N–H and O–H groups in total. The Morgan fingerprint density at radius 2 is 1.62 bits per heavy atom. The van der Waals surface area contributed by atoms with Crippen LogP contribution in [-0.4, -0.2) is 26.3 Å². The molecule has 0 radical (unpaired) electrons. The van der Waals surface area contributed by atoms with E-state index in [1.54, 1.807) is 7.11 Å². The van der Waals surface area contributed by atoms with Crippen molar-refractivity contribution < 1.29 is 4.74 Å². The van der Waals surface area contributed by atoms with Gasteiger partial charge in [-0.2, -0.15) is 9.61 Å². The zero-order chi connectivity index (χ0) is 20.9. The summed E-state index contributed by atoms with van der Waals surface area (Å²) < 4.78 is 9.89. The van der Waals surface area contributed by atoms with Gasteiger partial charge in [0.25, 0.3) is 0 Å². The molecule has 0 aliphatic heterocycles. The van der Waals surface area contributed by atoms with Crippen LogP contribution in [0.4, 0.5) is 0 Å². The summed E-state index contributed by atoms with van der Waals surface area (Å²) in [5.41, 5.74) is 8.77. The van der Waals surface area contributed by atoms with E-state index in [9.17, 15) is 0 Å². The van der Waals surface area contributed by atoms with Crippen LogP contribution >= 0.6 is 0 Å². The summed E-state index contributed by atoms with van der Waals surface area (Å²) >= 11 is 0. The molecule has 0 aliphatic rings. The lowest BCUT2D eigenvalue weighted by Gasteiger charge is -2.17. The number of fused-ring (bicyclic) bond motifs is 3. The Morgan fingerprint density at radius 3 is 2.21 bits per heavy atom. The van der Waals surface area contributed by atoms with E-state index < -0.39 is 0 Å². The molecule has 152 valence electrons. The van der Waals surface area contributed by atoms with Gasteiger partial charge in [0.2, 0.25) is 0 Å². The molecule has 3 aromatic heterocycles. The van der Waals surface area contributed by atoms with Crippen LogP contribution in [0, 0.1) is 27.7 Å². The van der Waals surface area contributed by atoms with Gasteiger partial charge in [-0.05, 0) is 75.4 Å². The van der Waals surface area contributed by atoms with E-state index in [1.165, 1.54) is 22.1 Å². The zero-order valence-electron chi connectivity index (χ0n) is 18.5. The SMILES string of the molecule is CCC(CC)n1ccc2c(C)nc3c(-c4c(C)cc(OC)cc4C)c(C)nn3c21. The van der Waals surface area contributed by atoms with Crippen molar-refractivity contribution in [1.82, 2.24) is 19.2 Å². The molecule has 29 heavy (non-hydrogen) atoms. The van der Waals surface area contributed by atoms with Crippen LogP contribution in [0.1, 0.15) is 55.2 Å². The number of aromatic nitrogens is 4. The lowest BCUT2D eigenvalue weighted by atomic mass is 9.95. The summed E-state index contributed by atoms with van der Waals surface area (Å²) in [7, 11) is 1.71. The van der Waals surface area contributed by atoms with Gasteiger partial charge in [0.15, 0.2) is 5.65 Å².